The van der Waals surface area contributed by atoms with Crippen LogP contribution in [0.25, 0.3) is 0 Å². The molecule has 0 saturated carbocycles. The maximum Gasteiger partial charge on any atom is 0.341 e. The number of alkyl halides is 4. The minimum absolute atomic E-state index is 0.00576. The number of halogens is 4. The Hall–Kier alpha value is -1.21. The molecule has 2 N–H and O–H groups in total. The third kappa shape index (κ3) is 16.7. The normalized spacial score (nSPS) is 14.1. The van der Waals surface area contributed by atoms with Gasteiger partial charge in [-0.1, -0.05) is 43.2 Å². The van der Waals surface area contributed by atoms with Gasteiger partial charge >= 0.3 is 12.7 Å². The van der Waals surface area contributed by atoms with Crippen molar-refractivity contribution in [3.8, 4) is 0 Å². The van der Waals surface area contributed by atoms with Gasteiger partial charge in [0.2, 0.25) is 0 Å². The summed E-state index contributed by atoms with van der Waals surface area (Å²) >= 11 is 19.0. The molecule has 2 rings (SSSR count). The van der Waals surface area contributed by atoms with E-state index in [4.69, 9.17) is 42.5 Å². The van der Waals surface area contributed by atoms with Crippen LogP contribution in [0.3, 0.4) is 0 Å². The molecule has 23 heteroatoms. The van der Waals surface area contributed by atoms with Crippen molar-refractivity contribution >= 4 is 105 Å². The predicted octanol–water partition coefficient (Wildman–Crippen LogP) is 7.08. The molecule has 0 aliphatic carbocycles. The summed E-state index contributed by atoms with van der Waals surface area (Å²) in [5, 5.41) is 23.0. The highest BCUT2D eigenvalue weighted by Crippen LogP contribution is 2.51. The minimum Gasteiger partial charge on any atom is -0.307 e. The monoisotopic (exact) mass is 904 g/mol. The second-order valence-electron chi connectivity index (χ2n) is 9.46. The molecule has 272 valence electrons. The summed E-state index contributed by atoms with van der Waals surface area (Å²) in [6, 6.07) is 4.09. The van der Waals surface area contributed by atoms with Gasteiger partial charge in [0.05, 0.1) is 22.1 Å². The van der Waals surface area contributed by atoms with E-state index in [1.807, 2.05) is 6.79 Å². The fourth-order valence-corrected chi connectivity index (χ4v) is 9.76. The number of hydrogen-bond donors (Lipinski definition) is 1. The summed E-state index contributed by atoms with van der Waals surface area (Å²) in [6.07, 6.45) is 0.169. The van der Waals surface area contributed by atoms with Crippen LogP contribution >= 0.6 is 81.6 Å². The van der Waals surface area contributed by atoms with Gasteiger partial charge in [-0.2, -0.15) is 0 Å². The fraction of sp³-hybridized carbons (Fsp3) is 0.560. The van der Waals surface area contributed by atoms with E-state index in [1.165, 1.54) is 36.6 Å². The number of aryl methyl sites for hydroxylation is 1. The van der Waals surface area contributed by atoms with Gasteiger partial charge in [-0.05, 0) is 19.9 Å². The molecule has 16 nitrogen and oxygen atoms in total. The smallest absolute Gasteiger partial charge is 0.307 e. The molecule has 0 fully saturated rings. The number of thiophene rings is 1. The van der Waals surface area contributed by atoms with Gasteiger partial charge in [0.1, 0.15) is 18.7 Å². The Labute approximate surface area is 309 Å². The van der Waals surface area contributed by atoms with E-state index in [-0.39, 0.29) is 60.0 Å². The lowest BCUT2D eigenvalue weighted by atomic mass is 10.1. The second kappa shape index (κ2) is 24.1. The van der Waals surface area contributed by atoms with Crippen molar-refractivity contribution in [1.29, 1.82) is 0 Å². The van der Waals surface area contributed by atoms with E-state index in [1.54, 1.807) is 17.7 Å². The van der Waals surface area contributed by atoms with Crippen molar-refractivity contribution < 1.29 is 37.6 Å². The van der Waals surface area contributed by atoms with E-state index >= 15 is 0 Å². The number of carbonyl (C=O) groups is 2. The number of carbonyl (C=O) groups excluding carboxylic acids is 2. The lowest BCUT2D eigenvalue weighted by Gasteiger charge is -2.30. The van der Waals surface area contributed by atoms with Crippen LogP contribution in [-0.4, -0.2) is 92.0 Å². The first-order valence-corrected chi connectivity index (χ1v) is 21.5. The SMILES string of the molecule is C=O.CC(=O)CC(OP(C)(=O)N(CCCl)CCCl)c1cc([N+](=O)[O-])ccn1.Cc1cc(COP(N)(=O)N(CCBr)CCBr)sc1[N+](=O)[O-]. The molecule has 48 heavy (non-hydrogen) atoms. The molecule has 2 heterocycles. The summed E-state index contributed by atoms with van der Waals surface area (Å²) in [4.78, 5) is 45.0. The zero-order valence-electron chi connectivity index (χ0n) is 26.4. The van der Waals surface area contributed by atoms with Gasteiger partial charge in [-0.15, -0.1) is 23.2 Å². The van der Waals surface area contributed by atoms with Gasteiger partial charge < -0.3 is 13.8 Å². The van der Waals surface area contributed by atoms with Gasteiger partial charge in [-0.3, -0.25) is 39.1 Å². The molecule has 0 radical (unpaired) electrons. The Bertz CT molecular complexity index is 1420. The van der Waals surface area contributed by atoms with Crippen LogP contribution in [0.15, 0.2) is 24.4 Å². The lowest BCUT2D eigenvalue weighted by molar-refractivity contribution is -0.385. The van der Waals surface area contributed by atoms with Gasteiger partial charge in [-0.25, -0.2) is 14.8 Å². The van der Waals surface area contributed by atoms with Crippen molar-refractivity contribution in [1.82, 2.24) is 14.3 Å². The summed E-state index contributed by atoms with van der Waals surface area (Å²) in [5.41, 5.74) is 6.32. The molecular weight excluding hydrogens is 869 g/mol. The number of hydrogen-bond acceptors (Lipinski definition) is 12. The summed E-state index contributed by atoms with van der Waals surface area (Å²) in [6.45, 7) is 7.96. The van der Waals surface area contributed by atoms with E-state index in [0.717, 1.165) is 11.3 Å². The Morgan fingerprint density at radius 3 is 2.08 bits per heavy atom. The van der Waals surface area contributed by atoms with Crippen LogP contribution in [0, 0.1) is 27.2 Å². The first kappa shape index (κ1) is 46.8. The van der Waals surface area contributed by atoms with Crippen molar-refractivity contribution in [3.05, 3.63) is 60.8 Å². The Kier molecular flexibility index (Phi) is 23.5. The third-order valence-corrected chi connectivity index (χ3v) is 11.9. The van der Waals surface area contributed by atoms with Crippen molar-refractivity contribution in [2.24, 2.45) is 5.50 Å². The Balaban J connectivity index is 0.000000887. The molecular formula is C25H38Br2Cl2N6O10P2S. The molecule has 0 saturated heterocycles. The number of pyridine rings is 1. The average molecular weight is 907 g/mol. The molecule has 0 aliphatic rings. The van der Waals surface area contributed by atoms with Gasteiger partial charge in [0.15, 0.2) is 0 Å². The van der Waals surface area contributed by atoms with Crippen molar-refractivity contribution in [2.45, 2.75) is 33.0 Å². The van der Waals surface area contributed by atoms with Crippen LogP contribution in [0.2, 0.25) is 0 Å². The number of nitrogens with zero attached hydrogens (tertiary/aromatic N) is 5. The zero-order valence-corrected chi connectivity index (χ0v) is 33.7. The van der Waals surface area contributed by atoms with E-state index in [9.17, 15) is 34.2 Å². The standard InChI is InChI=1S/C14H20Cl2N3O5P.C10H16Br2N3O4PS.CH2O/c1-11(20)9-14(13-10-12(19(21)22)3-6-17-13)24-25(2,23)18(7-4-15)8-5-16;1-8-6-9(21-10(8)15(16)17)7-19-20(13,18)14(4-2-11)5-3-12;1-2/h3,6,10,14H,4-5,7-9H2,1-2H3;6H,2-5,7H2,1H3,(H2,13,18);1H2. The zero-order chi connectivity index (χ0) is 37.1. The van der Waals surface area contributed by atoms with E-state index in [0.29, 0.717) is 34.2 Å². The molecule has 0 aliphatic heterocycles. The first-order valence-electron chi connectivity index (χ1n) is 13.7. The molecule has 2 aromatic heterocycles. The summed E-state index contributed by atoms with van der Waals surface area (Å²) in [7, 11) is -6.77. The van der Waals surface area contributed by atoms with Gasteiger partial charge in [0, 0.05) is 90.5 Å². The van der Waals surface area contributed by atoms with Crippen molar-refractivity contribution in [2.75, 3.05) is 55.3 Å². The third-order valence-electron chi connectivity index (χ3n) is 5.88. The maximum atomic E-state index is 13.0. The molecule has 3 unspecified atom stereocenters. The highest BCUT2D eigenvalue weighted by Gasteiger charge is 2.32. The van der Waals surface area contributed by atoms with Gasteiger partial charge in [0.25, 0.3) is 13.2 Å². The largest absolute Gasteiger partial charge is 0.341 e. The molecule has 0 aromatic carbocycles. The molecule has 0 amide bonds. The summed E-state index contributed by atoms with van der Waals surface area (Å²) in [5.74, 6) is 0.231. The number of aromatic nitrogens is 1. The van der Waals surface area contributed by atoms with E-state index < -0.39 is 31.1 Å². The van der Waals surface area contributed by atoms with Crippen LogP contribution in [0.5, 0.6) is 0 Å². The average Bonchev–Trinajstić information content (AvgIpc) is 3.41. The highest BCUT2D eigenvalue weighted by molar-refractivity contribution is 9.09. The maximum absolute atomic E-state index is 13.0. The quantitative estimate of drug-likeness (QED) is 0.0608. The van der Waals surface area contributed by atoms with E-state index in [2.05, 4.69) is 36.8 Å². The highest BCUT2D eigenvalue weighted by atomic mass is 79.9. The number of nitrogens with two attached hydrogens (primary N) is 1. The van der Waals surface area contributed by atoms with Crippen LogP contribution < -0.4 is 5.50 Å². The minimum atomic E-state index is -3.42. The number of ketones is 1. The predicted molar refractivity (Wildman–Crippen MR) is 195 cm³/mol. The molecule has 0 bridgehead atoms. The van der Waals surface area contributed by atoms with Crippen molar-refractivity contribution in [3.63, 3.8) is 0 Å². The first-order chi connectivity index (χ1) is 22.5. The lowest BCUT2D eigenvalue weighted by Crippen LogP contribution is -2.29. The number of rotatable bonds is 20. The Morgan fingerprint density at radius 1 is 1.08 bits per heavy atom. The Morgan fingerprint density at radius 2 is 1.65 bits per heavy atom. The molecule has 3 atom stereocenters. The summed E-state index contributed by atoms with van der Waals surface area (Å²) < 4.78 is 39.5. The topological polar surface area (TPSA) is 218 Å². The van der Waals surface area contributed by atoms with Crippen LogP contribution in [0.4, 0.5) is 10.7 Å². The molecule has 0 spiro atoms. The fourth-order valence-electron chi connectivity index (χ4n) is 3.77. The number of Topliss-reactive ketones (excluding diaryl/α,β-unsaturated/α-hetero) is 1. The molecule has 2 aromatic rings. The van der Waals surface area contributed by atoms with Crippen LogP contribution in [0.1, 0.15) is 35.6 Å². The second-order valence-corrected chi connectivity index (χ2v) is 17.2. The number of nitro groups is 2. The van der Waals surface area contributed by atoms with Crippen LogP contribution in [-0.2, 0) is 34.4 Å².